The van der Waals surface area contributed by atoms with Gasteiger partial charge in [0.1, 0.15) is 6.04 Å². The Morgan fingerprint density at radius 3 is 2.56 bits per heavy atom. The molecule has 0 amide bonds. The van der Waals surface area contributed by atoms with Crippen molar-refractivity contribution < 1.29 is 23.1 Å². The van der Waals surface area contributed by atoms with E-state index in [-0.39, 0.29) is 36.3 Å². The first-order chi connectivity index (χ1) is 15.7. The molecule has 3 heterocycles. The van der Waals surface area contributed by atoms with Gasteiger partial charge in [0.15, 0.2) is 0 Å². The van der Waals surface area contributed by atoms with Gasteiger partial charge in [-0.15, -0.1) is 0 Å². The molecule has 1 atom stereocenters. The largest absolute Gasteiger partial charge is 0.480 e. The molecule has 1 aromatic heterocycles. The van der Waals surface area contributed by atoms with E-state index < -0.39 is 32.8 Å². The van der Waals surface area contributed by atoms with Crippen LogP contribution >= 0.6 is 15.9 Å². The Kier molecular flexibility index (Phi) is 6.46. The summed E-state index contributed by atoms with van der Waals surface area (Å²) in [5.74, 6) is -1.00. The van der Waals surface area contributed by atoms with Crippen molar-refractivity contribution >= 4 is 69.3 Å². The fourth-order valence-electron chi connectivity index (χ4n) is 4.12. The number of carbonyl (C=O) groups is 1. The number of halogens is 1. The fourth-order valence-corrected chi connectivity index (χ4v) is 6.35. The number of aliphatic carboxylic acids is 1. The third kappa shape index (κ3) is 4.93. The standard InChI is InChI=1S/C19H17B4BrN4O5S/c1-9(16(29)30)28-8-11-3-2-10(4-14(11)34(28,31)32)15-13(24)7-25-17(27-15)26-12-5-18(20,21)33-19(22,23)6-12/h2-4,7,9,12H,5-6,8H2,1H3,(H,29,30)(H,25,26,27)/t9-/m1/s1. The molecule has 1 saturated heterocycles. The molecule has 168 valence electrons. The van der Waals surface area contributed by atoms with Gasteiger partial charge in [0.25, 0.3) is 0 Å². The molecule has 1 aromatic carbocycles. The average Bonchev–Trinajstić information content (AvgIpc) is 2.96. The summed E-state index contributed by atoms with van der Waals surface area (Å²) in [6.45, 7) is 1.31. The number of anilines is 1. The lowest BCUT2D eigenvalue weighted by Crippen LogP contribution is -2.56. The van der Waals surface area contributed by atoms with E-state index in [1.165, 1.54) is 19.2 Å². The summed E-state index contributed by atoms with van der Waals surface area (Å²) in [4.78, 5) is 20.2. The molecule has 2 aliphatic rings. The molecule has 1 fully saturated rings. The number of sulfonamides is 1. The maximum atomic E-state index is 13.0. The summed E-state index contributed by atoms with van der Waals surface area (Å²) in [6.07, 6.45) is 1.89. The molecule has 0 bridgehead atoms. The van der Waals surface area contributed by atoms with E-state index in [9.17, 15) is 18.3 Å². The molecule has 34 heavy (non-hydrogen) atoms. The highest BCUT2D eigenvalue weighted by Gasteiger charge is 2.41. The van der Waals surface area contributed by atoms with Gasteiger partial charge in [0.05, 0.1) is 46.4 Å². The molecule has 15 heteroatoms. The summed E-state index contributed by atoms with van der Waals surface area (Å²) < 4.78 is 32.7. The molecule has 0 saturated carbocycles. The lowest BCUT2D eigenvalue weighted by atomic mass is 9.53. The summed E-state index contributed by atoms with van der Waals surface area (Å²) in [6, 6.07) is 3.24. The SMILES string of the molecule is [B]C1([B])CC(Nc2ncc(Br)c(-c3ccc4c(c3)S(=O)(=O)N([C@H](C)C(=O)O)C4)n2)CC([B])([B])O1. The van der Waals surface area contributed by atoms with Crippen molar-refractivity contribution in [3.8, 4) is 11.3 Å². The van der Waals surface area contributed by atoms with Gasteiger partial charge in [-0.25, -0.2) is 18.4 Å². The molecule has 2 N–H and O–H groups in total. The second-order valence-electron chi connectivity index (χ2n) is 8.54. The predicted octanol–water partition coefficient (Wildman–Crippen LogP) is 0.456. The van der Waals surface area contributed by atoms with Crippen LogP contribution in [0.2, 0.25) is 0 Å². The van der Waals surface area contributed by atoms with Crippen molar-refractivity contribution in [2.75, 3.05) is 5.32 Å². The number of hydrogen-bond acceptors (Lipinski definition) is 7. The summed E-state index contributed by atoms with van der Waals surface area (Å²) in [7, 11) is 19.5. The van der Waals surface area contributed by atoms with Crippen LogP contribution in [0.1, 0.15) is 25.3 Å². The average molecular weight is 537 g/mol. The topological polar surface area (TPSA) is 122 Å². The Bertz CT molecular complexity index is 1250. The van der Waals surface area contributed by atoms with Crippen molar-refractivity contribution in [3.05, 3.63) is 34.4 Å². The Balaban J connectivity index is 1.64. The Morgan fingerprint density at radius 2 is 1.94 bits per heavy atom. The second kappa shape index (κ2) is 8.69. The van der Waals surface area contributed by atoms with Crippen LogP contribution in [0.4, 0.5) is 5.95 Å². The van der Waals surface area contributed by atoms with Gasteiger partial charge in [-0.1, -0.05) is 12.1 Å². The molecule has 0 spiro atoms. The van der Waals surface area contributed by atoms with Gasteiger partial charge >= 0.3 is 5.97 Å². The Labute approximate surface area is 211 Å². The van der Waals surface area contributed by atoms with Crippen molar-refractivity contribution in [1.82, 2.24) is 14.3 Å². The van der Waals surface area contributed by atoms with E-state index >= 15 is 0 Å². The van der Waals surface area contributed by atoms with Crippen LogP contribution in [-0.2, 0) is 26.1 Å². The number of fused-ring (bicyclic) bond motifs is 1. The molecule has 0 unspecified atom stereocenters. The van der Waals surface area contributed by atoms with E-state index in [0.29, 0.717) is 21.3 Å². The van der Waals surface area contributed by atoms with E-state index in [4.69, 9.17) is 36.1 Å². The quantitative estimate of drug-likeness (QED) is 0.529. The van der Waals surface area contributed by atoms with Crippen LogP contribution in [0.3, 0.4) is 0 Å². The van der Waals surface area contributed by atoms with Crippen LogP contribution in [0, 0.1) is 0 Å². The third-order valence-corrected chi connectivity index (χ3v) is 8.21. The minimum absolute atomic E-state index is 0.0211. The lowest BCUT2D eigenvalue weighted by molar-refractivity contribution is -0.140. The first-order valence-electron chi connectivity index (χ1n) is 10.2. The zero-order chi connectivity index (χ0) is 25.1. The molecule has 0 aliphatic carbocycles. The molecular formula is C19H17B4BrN4O5S. The predicted molar refractivity (Wildman–Crippen MR) is 131 cm³/mol. The number of hydrogen-bond donors (Lipinski definition) is 2. The zero-order valence-corrected chi connectivity index (χ0v) is 20.5. The van der Waals surface area contributed by atoms with Crippen LogP contribution in [0.15, 0.2) is 33.8 Å². The smallest absolute Gasteiger partial charge is 0.321 e. The van der Waals surface area contributed by atoms with Gasteiger partial charge in [-0.2, -0.15) is 4.31 Å². The van der Waals surface area contributed by atoms with Gasteiger partial charge < -0.3 is 15.2 Å². The van der Waals surface area contributed by atoms with Crippen LogP contribution in [-0.4, -0.2) is 88.0 Å². The maximum absolute atomic E-state index is 13.0. The van der Waals surface area contributed by atoms with Gasteiger partial charge in [0.2, 0.25) is 16.0 Å². The molecule has 4 rings (SSSR count). The zero-order valence-electron chi connectivity index (χ0n) is 18.1. The Morgan fingerprint density at radius 1 is 1.29 bits per heavy atom. The third-order valence-electron chi connectivity index (χ3n) is 5.63. The first-order valence-corrected chi connectivity index (χ1v) is 12.4. The monoisotopic (exact) mass is 536 g/mol. The van der Waals surface area contributed by atoms with E-state index in [1.807, 2.05) is 0 Å². The summed E-state index contributed by atoms with van der Waals surface area (Å²) >= 11 is 3.40. The van der Waals surface area contributed by atoms with E-state index in [2.05, 4.69) is 31.2 Å². The molecular weight excluding hydrogens is 519 g/mol. The number of aromatic nitrogens is 2. The minimum Gasteiger partial charge on any atom is -0.480 e. The lowest BCUT2D eigenvalue weighted by Gasteiger charge is -2.47. The minimum atomic E-state index is -3.98. The maximum Gasteiger partial charge on any atom is 0.321 e. The second-order valence-corrected chi connectivity index (χ2v) is 11.3. The van der Waals surface area contributed by atoms with Crippen molar-refractivity contribution in [2.24, 2.45) is 0 Å². The van der Waals surface area contributed by atoms with Crippen molar-refractivity contribution in [2.45, 2.75) is 54.1 Å². The molecule has 2 aliphatic heterocycles. The van der Waals surface area contributed by atoms with Crippen LogP contribution < -0.4 is 5.32 Å². The molecule has 8 radical (unpaired) electrons. The number of nitrogens with one attached hydrogen (secondary N) is 1. The highest BCUT2D eigenvalue weighted by molar-refractivity contribution is 9.10. The first kappa shape index (κ1) is 25.3. The number of benzene rings is 1. The number of rotatable bonds is 5. The van der Waals surface area contributed by atoms with Crippen LogP contribution in [0.5, 0.6) is 0 Å². The van der Waals surface area contributed by atoms with Crippen LogP contribution in [0.25, 0.3) is 11.3 Å². The molecule has 9 nitrogen and oxygen atoms in total. The highest BCUT2D eigenvalue weighted by atomic mass is 79.9. The molecule has 2 aromatic rings. The number of ether oxygens (including phenoxy) is 1. The fraction of sp³-hybridized carbons (Fsp3) is 0.421. The number of carboxylic acid groups (broad SMARTS) is 1. The number of nitrogens with zero attached hydrogens (tertiary/aromatic N) is 3. The van der Waals surface area contributed by atoms with E-state index in [0.717, 1.165) is 4.31 Å². The highest BCUT2D eigenvalue weighted by Crippen LogP contribution is 2.37. The Hall–Kier alpha value is -1.82. The summed E-state index contributed by atoms with van der Waals surface area (Å²) in [5, 5.41) is 9.30. The van der Waals surface area contributed by atoms with Crippen molar-refractivity contribution in [1.29, 1.82) is 0 Å². The van der Waals surface area contributed by atoms with Gasteiger partial charge in [-0.05, 0) is 58.1 Å². The van der Waals surface area contributed by atoms with Gasteiger partial charge in [-0.3, -0.25) is 4.79 Å². The normalized spacial score (nSPS) is 22.1. The summed E-state index contributed by atoms with van der Waals surface area (Å²) in [5.41, 5.74) is 1.42. The van der Waals surface area contributed by atoms with Gasteiger partial charge in [0, 0.05) is 24.3 Å². The van der Waals surface area contributed by atoms with Crippen molar-refractivity contribution in [3.63, 3.8) is 0 Å². The number of carboxylic acids is 1. The van der Waals surface area contributed by atoms with E-state index in [1.54, 1.807) is 12.1 Å².